The van der Waals surface area contributed by atoms with Gasteiger partial charge in [-0.25, -0.2) is 9.38 Å². The number of benzene rings is 2. The van der Waals surface area contributed by atoms with Crippen LogP contribution in [0.15, 0.2) is 47.5 Å². The molecule has 0 atom stereocenters. The molecule has 2 aromatic rings. The number of ether oxygens (including phenoxy) is 1. The number of hydrogen-bond donors (Lipinski definition) is 3. The molecule has 0 amide bonds. The third-order valence-corrected chi connectivity index (χ3v) is 4.89. The molecule has 28 heavy (non-hydrogen) atoms. The van der Waals surface area contributed by atoms with E-state index in [1.807, 2.05) is 19.1 Å². The Hall–Kier alpha value is -2.03. The number of hydrogen-bond acceptors (Lipinski definition) is 3. The van der Waals surface area contributed by atoms with Crippen molar-refractivity contribution in [3.05, 3.63) is 59.4 Å². The summed E-state index contributed by atoms with van der Waals surface area (Å²) in [7, 11) is 1.52. The maximum Gasteiger partial charge on any atom is 0.191 e. The Balaban J connectivity index is 0.00000280. The third-order valence-electron chi connectivity index (χ3n) is 4.89. The van der Waals surface area contributed by atoms with Crippen LogP contribution >= 0.6 is 24.0 Å². The Bertz CT molecular complexity index is 825. The number of nitrogens with one attached hydrogen (secondary N) is 2. The molecule has 1 saturated carbocycles. The molecule has 0 aliphatic heterocycles. The molecule has 0 radical (unpaired) electrons. The zero-order valence-corrected chi connectivity index (χ0v) is 18.5. The number of phenols is 1. The number of guanidine groups is 1. The molecule has 0 heterocycles. The van der Waals surface area contributed by atoms with Gasteiger partial charge >= 0.3 is 0 Å². The number of nitrogens with zero attached hydrogens (tertiary/aromatic N) is 1. The number of aliphatic imine (C=N–C) groups is 1. The van der Waals surface area contributed by atoms with Crippen LogP contribution in [0.25, 0.3) is 0 Å². The van der Waals surface area contributed by atoms with Crippen LogP contribution in [0.3, 0.4) is 0 Å². The van der Waals surface area contributed by atoms with Crippen LogP contribution in [-0.4, -0.2) is 31.3 Å². The monoisotopic (exact) mass is 499 g/mol. The smallest absolute Gasteiger partial charge is 0.191 e. The molecular weight excluding hydrogens is 472 g/mol. The molecular formula is C21H27FIN3O2. The SMILES string of the molecule is CCNC(=NCc1ccc(OC)c(O)c1)NCC1(c2cccc(F)c2)CC1.I. The Morgan fingerprint density at radius 3 is 2.61 bits per heavy atom. The van der Waals surface area contributed by atoms with Gasteiger partial charge in [0, 0.05) is 18.5 Å². The normalized spacial score (nSPS) is 14.8. The first-order valence-corrected chi connectivity index (χ1v) is 9.20. The van der Waals surface area contributed by atoms with Crippen molar-refractivity contribution in [3.63, 3.8) is 0 Å². The van der Waals surface area contributed by atoms with Gasteiger partial charge in [0.25, 0.3) is 0 Å². The topological polar surface area (TPSA) is 65.9 Å². The van der Waals surface area contributed by atoms with E-state index in [1.165, 1.54) is 13.2 Å². The van der Waals surface area contributed by atoms with E-state index in [0.717, 1.165) is 30.5 Å². The zero-order chi connectivity index (χ0) is 19.3. The molecule has 1 aliphatic rings. The molecule has 1 aliphatic carbocycles. The summed E-state index contributed by atoms with van der Waals surface area (Å²) >= 11 is 0. The van der Waals surface area contributed by atoms with Crippen molar-refractivity contribution >= 4 is 29.9 Å². The number of phenolic OH excluding ortho intramolecular Hbond substituents is 1. The molecule has 0 aromatic heterocycles. The predicted molar refractivity (Wildman–Crippen MR) is 120 cm³/mol. The standard InChI is InChI=1S/C21H26FN3O2.HI/c1-3-23-20(24-13-15-7-8-19(27-2)18(26)11-15)25-14-21(9-10-21)16-5-4-6-17(22)12-16;/h4-8,11-12,26H,3,9-10,13-14H2,1-2H3,(H2,23,24,25);1H. The van der Waals surface area contributed by atoms with Crippen LogP contribution in [0, 0.1) is 5.82 Å². The van der Waals surface area contributed by atoms with Crippen LogP contribution < -0.4 is 15.4 Å². The van der Waals surface area contributed by atoms with Crippen LogP contribution in [0.5, 0.6) is 11.5 Å². The number of halogens is 2. The first-order chi connectivity index (χ1) is 13.1. The maximum atomic E-state index is 13.6. The minimum Gasteiger partial charge on any atom is -0.504 e. The van der Waals surface area contributed by atoms with Gasteiger partial charge in [0.2, 0.25) is 0 Å². The fraction of sp³-hybridized carbons (Fsp3) is 0.381. The van der Waals surface area contributed by atoms with Gasteiger partial charge in [-0.3, -0.25) is 0 Å². The second kappa shape index (κ2) is 9.95. The molecule has 0 unspecified atom stereocenters. The summed E-state index contributed by atoms with van der Waals surface area (Å²) in [4.78, 5) is 4.59. The van der Waals surface area contributed by atoms with Gasteiger partial charge in [0.05, 0.1) is 13.7 Å². The third kappa shape index (κ3) is 5.50. The lowest BCUT2D eigenvalue weighted by Crippen LogP contribution is -2.41. The minimum absolute atomic E-state index is 0. The van der Waals surface area contributed by atoms with Crippen molar-refractivity contribution in [2.75, 3.05) is 20.2 Å². The summed E-state index contributed by atoms with van der Waals surface area (Å²) in [5, 5.41) is 16.5. The molecule has 5 nitrogen and oxygen atoms in total. The highest BCUT2D eigenvalue weighted by atomic mass is 127. The second-order valence-corrected chi connectivity index (χ2v) is 6.85. The molecule has 2 aromatic carbocycles. The number of rotatable bonds is 7. The van der Waals surface area contributed by atoms with Crippen LogP contribution in [-0.2, 0) is 12.0 Å². The molecule has 3 rings (SSSR count). The van der Waals surface area contributed by atoms with Crippen molar-refractivity contribution in [3.8, 4) is 11.5 Å². The highest BCUT2D eigenvalue weighted by Gasteiger charge is 2.44. The Morgan fingerprint density at radius 2 is 2.00 bits per heavy atom. The maximum absolute atomic E-state index is 13.6. The Kier molecular flexibility index (Phi) is 7.91. The van der Waals surface area contributed by atoms with E-state index < -0.39 is 0 Å². The summed E-state index contributed by atoms with van der Waals surface area (Å²) in [6.45, 7) is 3.89. The van der Waals surface area contributed by atoms with E-state index in [9.17, 15) is 9.50 Å². The van der Waals surface area contributed by atoms with Gasteiger partial charge in [-0.1, -0.05) is 18.2 Å². The molecule has 0 spiro atoms. The van der Waals surface area contributed by atoms with Gasteiger partial charge in [-0.15, -0.1) is 24.0 Å². The highest BCUT2D eigenvalue weighted by Crippen LogP contribution is 2.47. The summed E-state index contributed by atoms with van der Waals surface area (Å²) < 4.78 is 18.6. The van der Waals surface area contributed by atoms with Gasteiger partial charge < -0.3 is 20.5 Å². The van der Waals surface area contributed by atoms with Crippen LogP contribution in [0.2, 0.25) is 0 Å². The van der Waals surface area contributed by atoms with E-state index in [2.05, 4.69) is 15.6 Å². The van der Waals surface area contributed by atoms with Crippen LogP contribution in [0.4, 0.5) is 4.39 Å². The minimum atomic E-state index is -0.196. The first kappa shape index (κ1) is 22.3. The fourth-order valence-corrected chi connectivity index (χ4v) is 3.14. The van der Waals surface area contributed by atoms with Crippen molar-refractivity contribution in [2.24, 2.45) is 4.99 Å². The lowest BCUT2D eigenvalue weighted by atomic mass is 9.96. The van der Waals surface area contributed by atoms with Crippen molar-refractivity contribution in [1.29, 1.82) is 0 Å². The molecule has 0 saturated heterocycles. The predicted octanol–water partition coefficient (Wildman–Crippen LogP) is 3.94. The number of methoxy groups -OCH3 is 1. The summed E-state index contributed by atoms with van der Waals surface area (Å²) in [6.07, 6.45) is 2.07. The highest BCUT2D eigenvalue weighted by molar-refractivity contribution is 14.0. The zero-order valence-electron chi connectivity index (χ0n) is 16.2. The summed E-state index contributed by atoms with van der Waals surface area (Å²) in [5.41, 5.74) is 1.90. The molecule has 7 heteroatoms. The van der Waals surface area contributed by atoms with E-state index in [-0.39, 0.29) is 41.0 Å². The van der Waals surface area contributed by atoms with Crippen molar-refractivity contribution in [1.82, 2.24) is 10.6 Å². The van der Waals surface area contributed by atoms with Gasteiger partial charge in [-0.2, -0.15) is 0 Å². The average Bonchev–Trinajstić information content (AvgIpc) is 3.45. The first-order valence-electron chi connectivity index (χ1n) is 9.20. The van der Waals surface area contributed by atoms with Gasteiger partial charge in [0.15, 0.2) is 17.5 Å². The van der Waals surface area contributed by atoms with E-state index in [0.29, 0.717) is 24.8 Å². The van der Waals surface area contributed by atoms with Crippen molar-refractivity contribution in [2.45, 2.75) is 31.7 Å². The lowest BCUT2D eigenvalue weighted by molar-refractivity contribution is 0.373. The fourth-order valence-electron chi connectivity index (χ4n) is 3.14. The van der Waals surface area contributed by atoms with E-state index in [1.54, 1.807) is 24.3 Å². The Morgan fingerprint density at radius 1 is 1.21 bits per heavy atom. The molecule has 1 fully saturated rings. The summed E-state index contributed by atoms with van der Waals surface area (Å²) in [5.74, 6) is 1.05. The average molecular weight is 499 g/mol. The largest absolute Gasteiger partial charge is 0.504 e. The lowest BCUT2D eigenvalue weighted by Gasteiger charge is -2.19. The molecule has 0 bridgehead atoms. The van der Waals surface area contributed by atoms with E-state index in [4.69, 9.17) is 4.74 Å². The summed E-state index contributed by atoms with van der Waals surface area (Å²) in [6, 6.07) is 12.1. The molecule has 3 N–H and O–H groups in total. The van der Waals surface area contributed by atoms with Gasteiger partial charge in [-0.05, 0) is 55.2 Å². The van der Waals surface area contributed by atoms with Gasteiger partial charge in [0.1, 0.15) is 5.82 Å². The van der Waals surface area contributed by atoms with Crippen LogP contribution in [0.1, 0.15) is 30.9 Å². The molecule has 152 valence electrons. The quantitative estimate of drug-likeness (QED) is 0.307. The Labute approximate surface area is 182 Å². The van der Waals surface area contributed by atoms with E-state index >= 15 is 0 Å². The van der Waals surface area contributed by atoms with Crippen molar-refractivity contribution < 1.29 is 14.2 Å². The second-order valence-electron chi connectivity index (χ2n) is 6.85. The number of aromatic hydroxyl groups is 1.